The summed E-state index contributed by atoms with van der Waals surface area (Å²) in [4.78, 5) is 15.2. The molecule has 0 radical (unpaired) electrons. The molecule has 1 aromatic rings. The molecule has 1 aliphatic carbocycles. The predicted octanol–water partition coefficient (Wildman–Crippen LogP) is 1.64. The molecule has 1 saturated carbocycles. The summed E-state index contributed by atoms with van der Waals surface area (Å²) in [5, 5.41) is 3.22. The van der Waals surface area contributed by atoms with E-state index in [0.717, 1.165) is 6.54 Å². The fraction of sp³-hybridized carbons (Fsp3) is 0.455. The summed E-state index contributed by atoms with van der Waals surface area (Å²) in [6.07, 6.45) is 3.95. The monoisotopic (exact) mass is 240 g/mol. The van der Waals surface area contributed by atoms with Crippen molar-refractivity contribution in [2.24, 2.45) is 5.92 Å². The van der Waals surface area contributed by atoms with Crippen molar-refractivity contribution in [3.63, 3.8) is 0 Å². The normalized spacial score (nSPS) is 14.6. The summed E-state index contributed by atoms with van der Waals surface area (Å²) >= 11 is 5.62. The number of aromatic nitrogens is 1. The van der Waals surface area contributed by atoms with Gasteiger partial charge in [-0.05, 0) is 30.9 Å². The number of pyridine rings is 1. The minimum Gasteiger partial charge on any atom is -0.482 e. The zero-order valence-electron chi connectivity index (χ0n) is 8.78. The van der Waals surface area contributed by atoms with Crippen LogP contribution in [0.15, 0.2) is 18.3 Å². The van der Waals surface area contributed by atoms with Gasteiger partial charge in [0, 0.05) is 6.54 Å². The Morgan fingerprint density at radius 3 is 3.00 bits per heavy atom. The van der Waals surface area contributed by atoms with Crippen LogP contribution < -0.4 is 10.1 Å². The lowest BCUT2D eigenvalue weighted by Gasteiger charge is -2.06. The summed E-state index contributed by atoms with van der Waals surface area (Å²) in [5.41, 5.74) is 0. The molecule has 0 aromatic carbocycles. The molecule has 1 amide bonds. The summed E-state index contributed by atoms with van der Waals surface area (Å²) in [7, 11) is 0. The van der Waals surface area contributed by atoms with Gasteiger partial charge in [-0.1, -0.05) is 11.6 Å². The molecule has 5 heteroatoms. The van der Waals surface area contributed by atoms with Gasteiger partial charge >= 0.3 is 0 Å². The van der Waals surface area contributed by atoms with E-state index < -0.39 is 0 Å². The Morgan fingerprint density at radius 1 is 1.56 bits per heavy atom. The number of ether oxygens (including phenoxy) is 1. The van der Waals surface area contributed by atoms with Crippen molar-refractivity contribution in [2.75, 3.05) is 13.2 Å². The minimum absolute atomic E-state index is 0.0238. The standard InChI is InChI=1S/C11H13ClN2O2/c12-10-4-3-9(6-13-10)16-7-11(15)14-5-8-1-2-8/h3-4,6,8H,1-2,5,7H2,(H,14,15). The highest BCUT2D eigenvalue weighted by Gasteiger charge is 2.21. The maximum atomic E-state index is 11.3. The van der Waals surface area contributed by atoms with Crippen molar-refractivity contribution in [3.8, 4) is 5.75 Å². The second-order valence-electron chi connectivity index (χ2n) is 3.85. The van der Waals surface area contributed by atoms with Crippen LogP contribution in [0.5, 0.6) is 5.75 Å². The number of hydrogen-bond donors (Lipinski definition) is 1. The van der Waals surface area contributed by atoms with Crippen molar-refractivity contribution in [1.82, 2.24) is 10.3 Å². The summed E-state index contributed by atoms with van der Waals surface area (Å²) in [6.45, 7) is 0.789. The number of hydrogen-bond acceptors (Lipinski definition) is 3. The van der Waals surface area contributed by atoms with E-state index in [4.69, 9.17) is 16.3 Å². The Labute approximate surface area is 99.0 Å². The molecule has 1 aliphatic rings. The first kappa shape index (κ1) is 11.2. The van der Waals surface area contributed by atoms with Gasteiger partial charge in [0.2, 0.25) is 0 Å². The van der Waals surface area contributed by atoms with Crippen molar-refractivity contribution in [3.05, 3.63) is 23.5 Å². The molecule has 1 fully saturated rings. The van der Waals surface area contributed by atoms with E-state index in [1.165, 1.54) is 19.0 Å². The van der Waals surface area contributed by atoms with Crippen LogP contribution in [-0.2, 0) is 4.79 Å². The number of halogens is 1. The first-order chi connectivity index (χ1) is 7.74. The van der Waals surface area contributed by atoms with Gasteiger partial charge < -0.3 is 10.1 Å². The fourth-order valence-corrected chi connectivity index (χ4v) is 1.34. The number of carbonyl (C=O) groups excluding carboxylic acids is 1. The van der Waals surface area contributed by atoms with E-state index in [1.54, 1.807) is 12.1 Å². The molecule has 0 atom stereocenters. The number of rotatable bonds is 5. The fourth-order valence-electron chi connectivity index (χ4n) is 1.23. The molecule has 0 saturated heterocycles. The van der Waals surface area contributed by atoms with Gasteiger partial charge in [-0.3, -0.25) is 4.79 Å². The van der Waals surface area contributed by atoms with Gasteiger partial charge in [0.05, 0.1) is 6.20 Å². The van der Waals surface area contributed by atoms with Gasteiger partial charge in [0.15, 0.2) is 6.61 Å². The summed E-state index contributed by atoms with van der Waals surface area (Å²) in [5.74, 6) is 1.13. The molecule has 86 valence electrons. The van der Waals surface area contributed by atoms with E-state index in [9.17, 15) is 4.79 Å². The molecule has 0 spiro atoms. The molecule has 16 heavy (non-hydrogen) atoms. The lowest BCUT2D eigenvalue weighted by molar-refractivity contribution is -0.123. The Balaban J connectivity index is 1.69. The van der Waals surface area contributed by atoms with Crippen LogP contribution >= 0.6 is 11.6 Å². The van der Waals surface area contributed by atoms with E-state index in [-0.39, 0.29) is 12.5 Å². The van der Waals surface area contributed by atoms with Crippen LogP contribution in [-0.4, -0.2) is 24.0 Å². The zero-order valence-corrected chi connectivity index (χ0v) is 9.54. The van der Waals surface area contributed by atoms with Crippen LogP contribution in [0, 0.1) is 5.92 Å². The van der Waals surface area contributed by atoms with Crippen LogP contribution in [0.3, 0.4) is 0 Å². The Morgan fingerprint density at radius 2 is 2.38 bits per heavy atom. The SMILES string of the molecule is O=C(COc1ccc(Cl)nc1)NCC1CC1. The van der Waals surface area contributed by atoms with Gasteiger partial charge in [-0.25, -0.2) is 4.98 Å². The average molecular weight is 241 g/mol. The molecule has 0 bridgehead atoms. The topological polar surface area (TPSA) is 51.2 Å². The Hall–Kier alpha value is -1.29. The van der Waals surface area contributed by atoms with Crippen molar-refractivity contribution < 1.29 is 9.53 Å². The Kier molecular flexibility index (Phi) is 3.62. The van der Waals surface area contributed by atoms with Crippen molar-refractivity contribution in [2.45, 2.75) is 12.8 Å². The van der Waals surface area contributed by atoms with Crippen molar-refractivity contribution >= 4 is 17.5 Å². The van der Waals surface area contributed by atoms with Gasteiger partial charge in [-0.2, -0.15) is 0 Å². The van der Waals surface area contributed by atoms with Crippen LogP contribution in [0.1, 0.15) is 12.8 Å². The molecule has 0 aliphatic heterocycles. The molecule has 0 unspecified atom stereocenters. The van der Waals surface area contributed by atoms with Crippen LogP contribution in [0.2, 0.25) is 5.15 Å². The highest BCUT2D eigenvalue weighted by molar-refractivity contribution is 6.29. The van der Waals surface area contributed by atoms with E-state index in [0.29, 0.717) is 16.8 Å². The summed E-state index contributed by atoms with van der Waals surface area (Å²) < 4.78 is 5.24. The lowest BCUT2D eigenvalue weighted by Crippen LogP contribution is -2.30. The van der Waals surface area contributed by atoms with Gasteiger partial charge in [-0.15, -0.1) is 0 Å². The molecule has 1 aromatic heterocycles. The van der Waals surface area contributed by atoms with E-state index in [2.05, 4.69) is 10.3 Å². The second-order valence-corrected chi connectivity index (χ2v) is 4.24. The number of nitrogens with zero attached hydrogens (tertiary/aromatic N) is 1. The lowest BCUT2D eigenvalue weighted by atomic mass is 10.4. The maximum Gasteiger partial charge on any atom is 0.257 e. The molecule has 2 rings (SSSR count). The van der Waals surface area contributed by atoms with E-state index >= 15 is 0 Å². The third-order valence-corrected chi connectivity index (χ3v) is 2.58. The third-order valence-electron chi connectivity index (χ3n) is 2.36. The number of amides is 1. The summed E-state index contributed by atoms with van der Waals surface area (Å²) in [6, 6.07) is 3.31. The zero-order chi connectivity index (χ0) is 11.4. The van der Waals surface area contributed by atoms with Crippen LogP contribution in [0.4, 0.5) is 0 Å². The van der Waals surface area contributed by atoms with Gasteiger partial charge in [0.1, 0.15) is 10.9 Å². The predicted molar refractivity (Wildman–Crippen MR) is 60.5 cm³/mol. The molecule has 1 heterocycles. The van der Waals surface area contributed by atoms with Crippen LogP contribution in [0.25, 0.3) is 0 Å². The maximum absolute atomic E-state index is 11.3. The first-order valence-corrected chi connectivity index (χ1v) is 5.63. The smallest absolute Gasteiger partial charge is 0.257 e. The minimum atomic E-state index is -0.0955. The molecular formula is C11H13ClN2O2. The first-order valence-electron chi connectivity index (χ1n) is 5.25. The third kappa shape index (κ3) is 3.70. The Bertz CT molecular complexity index is 363. The quantitative estimate of drug-likeness (QED) is 0.796. The highest BCUT2D eigenvalue weighted by atomic mass is 35.5. The molecule has 4 nitrogen and oxygen atoms in total. The van der Waals surface area contributed by atoms with Crippen molar-refractivity contribution in [1.29, 1.82) is 0 Å². The number of nitrogens with one attached hydrogen (secondary N) is 1. The number of carbonyl (C=O) groups is 1. The average Bonchev–Trinajstić information content (AvgIpc) is 3.09. The highest BCUT2D eigenvalue weighted by Crippen LogP contribution is 2.27. The largest absolute Gasteiger partial charge is 0.482 e. The van der Waals surface area contributed by atoms with E-state index in [1.807, 2.05) is 0 Å². The molecule has 1 N–H and O–H groups in total. The molecular weight excluding hydrogens is 228 g/mol. The second kappa shape index (κ2) is 5.16. The van der Waals surface area contributed by atoms with Gasteiger partial charge in [0.25, 0.3) is 5.91 Å².